The highest BCUT2D eigenvalue weighted by molar-refractivity contribution is 7.97. The van der Waals surface area contributed by atoms with E-state index in [-0.39, 0.29) is 0 Å². The first-order valence-corrected chi connectivity index (χ1v) is 4.55. The lowest BCUT2D eigenvalue weighted by Gasteiger charge is -2.19. The summed E-state index contributed by atoms with van der Waals surface area (Å²) >= 11 is 1.43. The molecule has 0 aliphatic heterocycles. The summed E-state index contributed by atoms with van der Waals surface area (Å²) in [5.74, 6) is 0.600. The summed E-state index contributed by atoms with van der Waals surface area (Å²) in [6.45, 7) is 0.776. The van der Waals surface area contributed by atoms with Gasteiger partial charge in [0.05, 0.1) is 0 Å². The van der Waals surface area contributed by atoms with Crippen LogP contribution < -0.4 is 10.9 Å². The molecule has 3 heteroatoms. The molecular formula is C7H14N2S. The second kappa shape index (κ2) is 4.01. The van der Waals surface area contributed by atoms with Gasteiger partial charge in [0.15, 0.2) is 0 Å². The largest absolute Gasteiger partial charge is 0.330 e. The molecule has 0 heterocycles. The van der Waals surface area contributed by atoms with E-state index in [1.807, 2.05) is 0 Å². The van der Waals surface area contributed by atoms with E-state index in [0.29, 0.717) is 11.2 Å². The predicted molar refractivity (Wildman–Crippen MR) is 46.5 cm³/mol. The zero-order chi connectivity index (χ0) is 7.40. The van der Waals surface area contributed by atoms with Crippen LogP contribution in [0.25, 0.3) is 0 Å². The Kier molecular flexibility index (Phi) is 3.25. The molecule has 0 amide bonds. The summed E-state index contributed by atoms with van der Waals surface area (Å²) in [6.07, 6.45) is 6.74. The van der Waals surface area contributed by atoms with Crippen molar-refractivity contribution in [3.05, 3.63) is 12.2 Å². The van der Waals surface area contributed by atoms with Crippen LogP contribution in [0, 0.1) is 5.92 Å². The molecule has 0 fully saturated rings. The Morgan fingerprint density at radius 2 is 2.20 bits per heavy atom. The van der Waals surface area contributed by atoms with Crippen LogP contribution in [0.1, 0.15) is 12.8 Å². The summed E-state index contributed by atoms with van der Waals surface area (Å²) in [5, 5.41) is 5.95. The molecular weight excluding hydrogens is 144 g/mol. The van der Waals surface area contributed by atoms with Gasteiger partial charge in [-0.15, -0.1) is 0 Å². The van der Waals surface area contributed by atoms with Crippen molar-refractivity contribution < 1.29 is 0 Å². The smallest absolute Gasteiger partial charge is 0.0370 e. The lowest BCUT2D eigenvalue weighted by Crippen LogP contribution is -2.18. The Balaban J connectivity index is 2.36. The highest BCUT2D eigenvalue weighted by Crippen LogP contribution is 2.22. The molecule has 1 rings (SSSR count). The highest BCUT2D eigenvalue weighted by atomic mass is 32.2. The highest BCUT2D eigenvalue weighted by Gasteiger charge is 2.12. The van der Waals surface area contributed by atoms with E-state index in [9.17, 15) is 0 Å². The molecule has 10 heavy (non-hydrogen) atoms. The number of rotatable bonds is 2. The fourth-order valence-corrected chi connectivity index (χ4v) is 1.62. The predicted octanol–water partition coefficient (Wildman–Crippen LogP) is 0.887. The molecule has 2 unspecified atom stereocenters. The molecule has 0 aromatic heterocycles. The van der Waals surface area contributed by atoms with E-state index < -0.39 is 0 Å². The van der Waals surface area contributed by atoms with Crippen molar-refractivity contribution in [2.45, 2.75) is 18.1 Å². The second-order valence-electron chi connectivity index (χ2n) is 2.63. The summed E-state index contributed by atoms with van der Waals surface area (Å²) < 4.78 is 0. The lowest BCUT2D eigenvalue weighted by molar-refractivity contribution is 0.556. The molecule has 0 aromatic rings. The van der Waals surface area contributed by atoms with Gasteiger partial charge in [-0.1, -0.05) is 24.1 Å². The fraction of sp³-hybridized carbons (Fsp3) is 0.714. The molecule has 0 radical (unpaired) electrons. The average molecular weight is 158 g/mol. The van der Waals surface area contributed by atoms with Gasteiger partial charge in [0.25, 0.3) is 0 Å². The monoisotopic (exact) mass is 158 g/mol. The van der Waals surface area contributed by atoms with Crippen molar-refractivity contribution in [3.63, 3.8) is 0 Å². The van der Waals surface area contributed by atoms with Gasteiger partial charge in [-0.25, -0.2) is 0 Å². The standard InChI is InChI=1S/C7H14N2S/c8-5-6-1-3-7(10-9)4-2-6/h1,3,6-7H,2,4-5,8-9H2. The van der Waals surface area contributed by atoms with Gasteiger partial charge >= 0.3 is 0 Å². The van der Waals surface area contributed by atoms with Crippen LogP contribution in [0.5, 0.6) is 0 Å². The van der Waals surface area contributed by atoms with Crippen molar-refractivity contribution in [1.29, 1.82) is 0 Å². The SMILES string of the molecule is NCC1C=CC(SN)CC1. The van der Waals surface area contributed by atoms with Crippen LogP contribution in [-0.4, -0.2) is 11.8 Å². The molecule has 1 aliphatic carbocycles. The molecule has 58 valence electrons. The first kappa shape index (κ1) is 8.11. The maximum Gasteiger partial charge on any atom is 0.0370 e. The van der Waals surface area contributed by atoms with E-state index in [1.54, 1.807) is 0 Å². The molecule has 2 atom stereocenters. The molecule has 0 aromatic carbocycles. The molecule has 0 saturated heterocycles. The molecule has 0 saturated carbocycles. The number of hydrogen-bond acceptors (Lipinski definition) is 3. The normalized spacial score (nSPS) is 32.6. The van der Waals surface area contributed by atoms with Gasteiger partial charge in [-0.05, 0) is 25.3 Å². The third-order valence-corrected chi connectivity index (χ3v) is 2.64. The maximum atomic E-state index is 5.50. The molecule has 1 aliphatic rings. The summed E-state index contributed by atoms with van der Waals surface area (Å²) in [7, 11) is 0. The van der Waals surface area contributed by atoms with Gasteiger partial charge in [-0.2, -0.15) is 0 Å². The van der Waals surface area contributed by atoms with E-state index in [1.165, 1.54) is 24.8 Å². The zero-order valence-electron chi connectivity index (χ0n) is 5.99. The molecule has 4 N–H and O–H groups in total. The summed E-state index contributed by atoms with van der Waals surface area (Å²) in [6, 6.07) is 0. The number of nitrogens with two attached hydrogens (primary N) is 2. The second-order valence-corrected chi connectivity index (χ2v) is 3.51. The first-order chi connectivity index (χ1) is 4.86. The van der Waals surface area contributed by atoms with Gasteiger partial charge < -0.3 is 5.73 Å². The van der Waals surface area contributed by atoms with Gasteiger partial charge in [-0.3, -0.25) is 5.14 Å². The number of hydrogen-bond donors (Lipinski definition) is 2. The summed E-state index contributed by atoms with van der Waals surface area (Å²) in [4.78, 5) is 0. The minimum absolute atomic E-state index is 0.530. The quantitative estimate of drug-likeness (QED) is 0.463. The zero-order valence-corrected chi connectivity index (χ0v) is 6.81. The molecule has 0 bridgehead atoms. The Hall–Kier alpha value is 0.01000. The Bertz CT molecular complexity index is 111. The molecule has 0 spiro atoms. The van der Waals surface area contributed by atoms with Crippen molar-refractivity contribution in [3.8, 4) is 0 Å². The van der Waals surface area contributed by atoms with Crippen LogP contribution >= 0.6 is 11.9 Å². The van der Waals surface area contributed by atoms with E-state index in [0.717, 1.165) is 6.54 Å². The van der Waals surface area contributed by atoms with Crippen LogP contribution in [-0.2, 0) is 0 Å². The topological polar surface area (TPSA) is 52.0 Å². The van der Waals surface area contributed by atoms with Crippen molar-refractivity contribution in [1.82, 2.24) is 0 Å². The third kappa shape index (κ3) is 2.01. The molecule has 2 nitrogen and oxygen atoms in total. The third-order valence-electron chi connectivity index (χ3n) is 1.90. The van der Waals surface area contributed by atoms with Gasteiger partial charge in [0.2, 0.25) is 0 Å². The average Bonchev–Trinajstić information content (AvgIpc) is 2.05. The minimum Gasteiger partial charge on any atom is -0.330 e. The fourth-order valence-electron chi connectivity index (χ4n) is 1.16. The van der Waals surface area contributed by atoms with E-state index in [4.69, 9.17) is 10.9 Å². The first-order valence-electron chi connectivity index (χ1n) is 3.60. The van der Waals surface area contributed by atoms with Crippen LogP contribution in [0.4, 0.5) is 0 Å². The van der Waals surface area contributed by atoms with Crippen LogP contribution in [0.15, 0.2) is 12.2 Å². The van der Waals surface area contributed by atoms with Crippen LogP contribution in [0.2, 0.25) is 0 Å². The van der Waals surface area contributed by atoms with Crippen molar-refractivity contribution >= 4 is 11.9 Å². The van der Waals surface area contributed by atoms with E-state index >= 15 is 0 Å². The van der Waals surface area contributed by atoms with Crippen LogP contribution in [0.3, 0.4) is 0 Å². The minimum atomic E-state index is 0.530. The summed E-state index contributed by atoms with van der Waals surface area (Å²) in [5.41, 5.74) is 5.50. The lowest BCUT2D eigenvalue weighted by atomic mass is 9.96. The van der Waals surface area contributed by atoms with Crippen molar-refractivity contribution in [2.24, 2.45) is 16.8 Å². The van der Waals surface area contributed by atoms with E-state index in [2.05, 4.69) is 12.2 Å². The Labute approximate surface area is 66.2 Å². The van der Waals surface area contributed by atoms with Gasteiger partial charge in [0.1, 0.15) is 0 Å². The maximum absolute atomic E-state index is 5.50. The van der Waals surface area contributed by atoms with Crippen molar-refractivity contribution in [2.75, 3.05) is 6.54 Å². The Morgan fingerprint density at radius 1 is 1.40 bits per heavy atom. The Morgan fingerprint density at radius 3 is 2.60 bits per heavy atom. The van der Waals surface area contributed by atoms with Gasteiger partial charge in [0, 0.05) is 5.25 Å².